The molecule has 0 bridgehead atoms. The Morgan fingerprint density at radius 1 is 1.15 bits per heavy atom. The number of fused-ring (bicyclic) bond motifs is 1. The van der Waals surface area contributed by atoms with Crippen LogP contribution in [0.3, 0.4) is 0 Å². The SMILES string of the molecule is CCn1cc(C(F)(F)F)nc1-c1ccc(C(C)N2NC=C3CN=C(c4c(OC)ncnc4C4CC4)N=C32)cc1. The molecule has 1 unspecified atom stereocenters. The summed E-state index contributed by atoms with van der Waals surface area (Å²) in [5, 5.41) is 1.96. The van der Waals surface area contributed by atoms with Gasteiger partial charge in [-0.1, -0.05) is 24.3 Å². The van der Waals surface area contributed by atoms with E-state index in [9.17, 15) is 13.2 Å². The molecule has 1 aromatic carbocycles. The van der Waals surface area contributed by atoms with Gasteiger partial charge < -0.3 is 14.7 Å². The quantitative estimate of drug-likeness (QED) is 0.462. The maximum atomic E-state index is 13.2. The van der Waals surface area contributed by atoms with Gasteiger partial charge in [0.05, 0.1) is 25.4 Å². The highest BCUT2D eigenvalue weighted by atomic mass is 19.4. The number of rotatable bonds is 7. The molecule has 0 amide bonds. The molecule has 3 aliphatic rings. The summed E-state index contributed by atoms with van der Waals surface area (Å²) in [6.07, 6.45) is 2.10. The third kappa shape index (κ3) is 4.53. The van der Waals surface area contributed by atoms with Gasteiger partial charge in [0.1, 0.15) is 17.7 Å². The number of halogens is 3. The van der Waals surface area contributed by atoms with Crippen LogP contribution in [0.5, 0.6) is 5.88 Å². The highest BCUT2D eigenvalue weighted by molar-refractivity contribution is 6.15. The van der Waals surface area contributed by atoms with Crippen molar-refractivity contribution in [1.29, 1.82) is 0 Å². The molecular formula is C27H27F3N8O. The number of hydrogen-bond acceptors (Lipinski definition) is 8. The smallest absolute Gasteiger partial charge is 0.434 e. The lowest BCUT2D eigenvalue weighted by molar-refractivity contribution is -0.140. The third-order valence-electron chi connectivity index (χ3n) is 7.17. The van der Waals surface area contributed by atoms with Crippen LogP contribution in [0.4, 0.5) is 13.2 Å². The molecular weight excluding hydrogens is 509 g/mol. The van der Waals surface area contributed by atoms with Crippen molar-refractivity contribution in [3.8, 4) is 17.3 Å². The lowest BCUT2D eigenvalue weighted by atomic mass is 10.0. The number of aliphatic imine (C=N–C) groups is 2. The molecule has 1 saturated carbocycles. The molecule has 2 aromatic heterocycles. The summed E-state index contributed by atoms with van der Waals surface area (Å²) < 4.78 is 46.7. The molecule has 1 atom stereocenters. The summed E-state index contributed by atoms with van der Waals surface area (Å²) in [6, 6.07) is 7.26. The normalized spacial score (nSPS) is 17.7. The zero-order valence-corrected chi connectivity index (χ0v) is 21.7. The average molecular weight is 537 g/mol. The second-order valence-corrected chi connectivity index (χ2v) is 9.69. The lowest BCUT2D eigenvalue weighted by Crippen LogP contribution is -2.39. The second kappa shape index (κ2) is 9.51. The molecule has 0 spiro atoms. The highest BCUT2D eigenvalue weighted by Gasteiger charge is 2.36. The van der Waals surface area contributed by atoms with Crippen molar-refractivity contribution in [3.63, 3.8) is 0 Å². The van der Waals surface area contributed by atoms with E-state index in [-0.39, 0.29) is 11.9 Å². The van der Waals surface area contributed by atoms with E-state index < -0.39 is 11.9 Å². The number of aryl methyl sites for hydroxylation is 1. The van der Waals surface area contributed by atoms with Crippen LogP contribution in [0.2, 0.25) is 0 Å². The van der Waals surface area contributed by atoms with E-state index in [1.165, 1.54) is 10.9 Å². The molecule has 4 heterocycles. The van der Waals surface area contributed by atoms with E-state index in [0.29, 0.717) is 36.3 Å². The number of benzene rings is 1. The Hall–Kier alpha value is -4.22. The van der Waals surface area contributed by atoms with Crippen molar-refractivity contribution in [3.05, 3.63) is 71.1 Å². The fourth-order valence-corrected chi connectivity index (χ4v) is 4.89. The van der Waals surface area contributed by atoms with Crippen LogP contribution in [0.15, 0.2) is 58.5 Å². The minimum Gasteiger partial charge on any atom is -0.480 e. The van der Waals surface area contributed by atoms with Gasteiger partial charge in [0.25, 0.3) is 0 Å². The molecule has 0 saturated heterocycles. The van der Waals surface area contributed by atoms with E-state index in [1.807, 2.05) is 30.3 Å². The molecule has 12 heteroatoms. The van der Waals surface area contributed by atoms with Crippen molar-refractivity contribution >= 4 is 11.7 Å². The zero-order chi connectivity index (χ0) is 27.3. The van der Waals surface area contributed by atoms with Crippen LogP contribution < -0.4 is 10.2 Å². The minimum absolute atomic E-state index is 0.139. The number of hydrogen-bond donors (Lipinski definition) is 1. The van der Waals surface area contributed by atoms with Crippen LogP contribution in [0.25, 0.3) is 11.4 Å². The average Bonchev–Trinajstić information content (AvgIpc) is 3.55. The van der Waals surface area contributed by atoms with E-state index in [0.717, 1.165) is 47.3 Å². The van der Waals surface area contributed by atoms with Gasteiger partial charge in [0, 0.05) is 36.0 Å². The van der Waals surface area contributed by atoms with Crippen molar-refractivity contribution in [2.45, 2.75) is 51.4 Å². The largest absolute Gasteiger partial charge is 0.480 e. The standard InChI is InChI=1S/C27H27F3N8O/c1-4-37-13-20(27(28,29)30)35-24(37)18-9-5-16(6-10-18)15(2)38-25-19(12-34-38)11-31-23(36-25)21-22(17-7-8-17)32-14-33-26(21)39-3/h5-6,9-10,12-15,17,34H,4,7-8,11H2,1-3H3. The zero-order valence-electron chi connectivity index (χ0n) is 21.7. The van der Waals surface area contributed by atoms with E-state index in [1.54, 1.807) is 26.2 Å². The number of nitrogens with zero attached hydrogens (tertiary/aromatic N) is 7. The fraction of sp³-hybridized carbons (Fsp3) is 0.370. The molecule has 1 aliphatic carbocycles. The van der Waals surface area contributed by atoms with Gasteiger partial charge in [-0.15, -0.1) is 0 Å². The van der Waals surface area contributed by atoms with Crippen molar-refractivity contribution in [2.24, 2.45) is 9.98 Å². The molecule has 1 fully saturated rings. The van der Waals surface area contributed by atoms with Crippen LogP contribution in [0, 0.1) is 0 Å². The predicted octanol–water partition coefficient (Wildman–Crippen LogP) is 4.89. The first-order chi connectivity index (χ1) is 18.8. The first-order valence-corrected chi connectivity index (χ1v) is 12.8. The third-order valence-corrected chi connectivity index (χ3v) is 7.17. The molecule has 39 heavy (non-hydrogen) atoms. The molecule has 3 aromatic rings. The summed E-state index contributed by atoms with van der Waals surface area (Å²) in [7, 11) is 1.58. The summed E-state index contributed by atoms with van der Waals surface area (Å²) >= 11 is 0. The van der Waals surface area contributed by atoms with Gasteiger partial charge in [-0.05, 0) is 32.3 Å². The van der Waals surface area contributed by atoms with Crippen LogP contribution in [-0.2, 0) is 12.7 Å². The minimum atomic E-state index is -4.49. The maximum absolute atomic E-state index is 13.2. The van der Waals surface area contributed by atoms with Gasteiger partial charge in [-0.2, -0.15) is 13.2 Å². The predicted molar refractivity (Wildman–Crippen MR) is 139 cm³/mol. The highest BCUT2D eigenvalue weighted by Crippen LogP contribution is 2.42. The second-order valence-electron chi connectivity index (χ2n) is 9.69. The summed E-state index contributed by atoms with van der Waals surface area (Å²) in [6.45, 7) is 4.65. The number of imidazole rings is 1. The Morgan fingerprint density at radius 2 is 1.92 bits per heavy atom. The number of nitrogens with one attached hydrogen (secondary N) is 1. The van der Waals surface area contributed by atoms with Gasteiger partial charge in [0.2, 0.25) is 5.88 Å². The van der Waals surface area contributed by atoms with Gasteiger partial charge in [-0.25, -0.2) is 19.9 Å². The molecule has 0 radical (unpaired) electrons. The van der Waals surface area contributed by atoms with Crippen LogP contribution in [-0.4, -0.2) is 49.9 Å². The monoisotopic (exact) mass is 536 g/mol. The molecule has 2 aliphatic heterocycles. The van der Waals surface area contributed by atoms with Gasteiger partial charge >= 0.3 is 6.18 Å². The number of methoxy groups -OCH3 is 1. The van der Waals surface area contributed by atoms with Crippen molar-refractivity contribution in [1.82, 2.24) is 30.0 Å². The Morgan fingerprint density at radius 3 is 2.59 bits per heavy atom. The van der Waals surface area contributed by atoms with E-state index in [2.05, 4.69) is 20.4 Å². The molecule has 1 N–H and O–H groups in total. The van der Waals surface area contributed by atoms with Crippen LogP contribution in [0.1, 0.15) is 61.2 Å². The van der Waals surface area contributed by atoms with E-state index >= 15 is 0 Å². The molecule has 6 rings (SSSR count). The Bertz CT molecular complexity index is 1500. The number of hydrazine groups is 1. The number of ether oxygens (including phenoxy) is 1. The fourth-order valence-electron chi connectivity index (χ4n) is 4.89. The number of amidine groups is 2. The summed E-state index contributed by atoms with van der Waals surface area (Å²) in [5.41, 5.74) is 6.58. The lowest BCUT2D eigenvalue weighted by Gasteiger charge is -2.29. The first-order valence-electron chi connectivity index (χ1n) is 12.8. The van der Waals surface area contributed by atoms with E-state index in [4.69, 9.17) is 14.7 Å². The number of alkyl halides is 3. The maximum Gasteiger partial charge on any atom is 0.434 e. The topological polar surface area (TPSA) is 92.8 Å². The van der Waals surface area contributed by atoms with Crippen molar-refractivity contribution in [2.75, 3.05) is 13.7 Å². The Balaban J connectivity index is 1.28. The number of aromatic nitrogens is 4. The van der Waals surface area contributed by atoms with Gasteiger partial charge in [-0.3, -0.25) is 10.0 Å². The summed E-state index contributed by atoms with van der Waals surface area (Å²) in [4.78, 5) is 22.3. The first kappa shape index (κ1) is 25.1. The summed E-state index contributed by atoms with van der Waals surface area (Å²) in [5.74, 6) is 2.41. The molecule has 202 valence electrons. The Kier molecular flexibility index (Phi) is 6.12. The van der Waals surface area contributed by atoms with Crippen LogP contribution >= 0.6 is 0 Å². The molecule has 9 nitrogen and oxygen atoms in total. The Labute approximate surface area is 223 Å². The van der Waals surface area contributed by atoms with Gasteiger partial charge in [0.15, 0.2) is 17.4 Å². The van der Waals surface area contributed by atoms with Crippen molar-refractivity contribution < 1.29 is 17.9 Å².